The zero-order chi connectivity index (χ0) is 20.8. The van der Waals surface area contributed by atoms with Crippen LogP contribution < -0.4 is 10.6 Å². The van der Waals surface area contributed by atoms with Crippen molar-refractivity contribution in [2.75, 3.05) is 16.9 Å². The lowest BCUT2D eigenvalue weighted by Crippen LogP contribution is -2.16. The normalized spacial score (nSPS) is 18.4. The highest BCUT2D eigenvalue weighted by Gasteiger charge is 2.39. The second-order valence-corrected chi connectivity index (χ2v) is 10.3. The molecule has 7 nitrogen and oxygen atoms in total. The van der Waals surface area contributed by atoms with E-state index in [4.69, 9.17) is 0 Å². The number of rotatable bonds is 5. The Labute approximate surface area is 172 Å². The second kappa shape index (κ2) is 7.23. The molecule has 2 aromatic carbocycles. The summed E-state index contributed by atoms with van der Waals surface area (Å²) < 4.78 is 24.1. The van der Waals surface area contributed by atoms with Gasteiger partial charge in [-0.1, -0.05) is 24.3 Å². The van der Waals surface area contributed by atoms with Crippen LogP contribution in [0.25, 0.3) is 10.2 Å². The molecule has 0 bridgehead atoms. The van der Waals surface area contributed by atoms with Gasteiger partial charge in [-0.2, -0.15) is 0 Å². The molecule has 1 aliphatic carbocycles. The minimum atomic E-state index is -3.31. The van der Waals surface area contributed by atoms with E-state index >= 15 is 0 Å². The Morgan fingerprint density at radius 2 is 1.90 bits per heavy atom. The van der Waals surface area contributed by atoms with Gasteiger partial charge in [-0.15, -0.1) is 0 Å². The van der Waals surface area contributed by atoms with Crippen molar-refractivity contribution in [2.24, 2.45) is 11.8 Å². The van der Waals surface area contributed by atoms with Gasteiger partial charge in [-0.3, -0.25) is 14.9 Å². The van der Waals surface area contributed by atoms with Crippen molar-refractivity contribution >= 4 is 54.0 Å². The fourth-order valence-corrected chi connectivity index (χ4v) is 4.64. The average Bonchev–Trinajstić information content (AvgIpc) is 3.25. The van der Waals surface area contributed by atoms with Crippen LogP contribution >= 0.6 is 11.3 Å². The predicted octanol–water partition coefficient (Wildman–Crippen LogP) is 3.55. The van der Waals surface area contributed by atoms with Crippen molar-refractivity contribution in [1.29, 1.82) is 0 Å². The second-order valence-electron chi connectivity index (χ2n) is 7.26. The summed E-state index contributed by atoms with van der Waals surface area (Å²) in [7, 11) is -3.31. The van der Waals surface area contributed by atoms with Gasteiger partial charge in [0.15, 0.2) is 15.0 Å². The predicted molar refractivity (Wildman–Crippen MR) is 113 cm³/mol. The van der Waals surface area contributed by atoms with Crippen LogP contribution in [0.4, 0.5) is 10.8 Å². The molecule has 9 heteroatoms. The fourth-order valence-electron chi connectivity index (χ4n) is 3.02. The van der Waals surface area contributed by atoms with Gasteiger partial charge >= 0.3 is 0 Å². The zero-order valence-corrected chi connectivity index (χ0v) is 17.4. The Kier molecular flexibility index (Phi) is 4.87. The molecule has 29 heavy (non-hydrogen) atoms. The topological polar surface area (TPSA) is 105 Å². The van der Waals surface area contributed by atoms with E-state index in [1.54, 1.807) is 36.4 Å². The van der Waals surface area contributed by atoms with Crippen LogP contribution in [-0.4, -0.2) is 31.5 Å². The number of fused-ring (bicyclic) bond motifs is 1. The Bertz CT molecular complexity index is 1230. The fraction of sp³-hybridized carbons (Fsp3) is 0.250. The quantitative estimate of drug-likeness (QED) is 0.645. The Morgan fingerprint density at radius 1 is 1.14 bits per heavy atom. The van der Waals surface area contributed by atoms with Crippen molar-refractivity contribution < 1.29 is 18.0 Å². The van der Waals surface area contributed by atoms with Crippen LogP contribution in [0.15, 0.2) is 47.4 Å². The molecule has 0 radical (unpaired) electrons. The summed E-state index contributed by atoms with van der Waals surface area (Å²) in [6, 6.07) is 11.4. The first-order valence-corrected chi connectivity index (χ1v) is 11.7. The summed E-state index contributed by atoms with van der Waals surface area (Å²) in [5, 5.41) is 5.95. The van der Waals surface area contributed by atoms with Crippen LogP contribution in [-0.2, 0) is 14.6 Å². The number of carbonyl (C=O) groups excluding carboxylic acids is 2. The first kappa shape index (κ1) is 19.5. The Morgan fingerprint density at radius 3 is 2.59 bits per heavy atom. The highest BCUT2D eigenvalue weighted by Crippen LogP contribution is 2.38. The van der Waals surface area contributed by atoms with Gasteiger partial charge in [0.05, 0.1) is 15.1 Å². The Balaban J connectivity index is 1.50. The molecule has 2 unspecified atom stereocenters. The van der Waals surface area contributed by atoms with Crippen LogP contribution in [0.1, 0.15) is 23.7 Å². The molecule has 1 aliphatic rings. The van der Waals surface area contributed by atoms with Gasteiger partial charge < -0.3 is 5.32 Å². The molecule has 2 N–H and O–H groups in total. The number of nitrogens with zero attached hydrogens (tertiary/aromatic N) is 1. The summed E-state index contributed by atoms with van der Waals surface area (Å²) in [4.78, 5) is 29.2. The average molecular weight is 430 g/mol. The molecule has 1 aromatic heterocycles. The molecule has 1 fully saturated rings. The van der Waals surface area contributed by atoms with Gasteiger partial charge in [0, 0.05) is 23.4 Å². The van der Waals surface area contributed by atoms with Crippen LogP contribution in [0, 0.1) is 11.8 Å². The van der Waals surface area contributed by atoms with Gasteiger partial charge in [0.1, 0.15) is 0 Å². The number of sulfone groups is 1. The standard InChI is InChI=1S/C20H19N3O4S2/c1-11-8-15(11)19(25)21-13-5-3-4-12(9-13)18(24)23-20-22-16-7-6-14(29(2,26)27)10-17(16)28-20/h3-7,9-11,15H,8H2,1-2H3,(H,21,25)(H,22,23,24). The number of aromatic nitrogens is 1. The molecule has 150 valence electrons. The van der Waals surface area contributed by atoms with Gasteiger partial charge in [0.25, 0.3) is 5.91 Å². The maximum absolute atomic E-state index is 12.6. The number of hydrogen-bond acceptors (Lipinski definition) is 6. The highest BCUT2D eigenvalue weighted by atomic mass is 32.2. The molecular weight excluding hydrogens is 410 g/mol. The smallest absolute Gasteiger partial charge is 0.257 e. The summed E-state index contributed by atoms with van der Waals surface area (Å²) in [5.74, 6) is 0.0713. The largest absolute Gasteiger partial charge is 0.326 e. The van der Waals surface area contributed by atoms with E-state index in [-0.39, 0.29) is 22.6 Å². The van der Waals surface area contributed by atoms with Crippen molar-refractivity contribution in [3.05, 3.63) is 48.0 Å². The van der Waals surface area contributed by atoms with Gasteiger partial charge in [-0.25, -0.2) is 13.4 Å². The van der Waals surface area contributed by atoms with Gasteiger partial charge in [0.2, 0.25) is 5.91 Å². The molecule has 1 heterocycles. The van der Waals surface area contributed by atoms with Crippen LogP contribution in [0.5, 0.6) is 0 Å². The van der Waals surface area contributed by atoms with E-state index in [1.165, 1.54) is 17.4 Å². The number of anilines is 2. The lowest BCUT2D eigenvalue weighted by molar-refractivity contribution is -0.117. The highest BCUT2D eigenvalue weighted by molar-refractivity contribution is 7.90. The monoisotopic (exact) mass is 429 g/mol. The molecule has 4 rings (SSSR count). The van der Waals surface area contributed by atoms with Crippen molar-refractivity contribution in [3.63, 3.8) is 0 Å². The third-order valence-electron chi connectivity index (χ3n) is 4.85. The maximum atomic E-state index is 12.6. The summed E-state index contributed by atoms with van der Waals surface area (Å²) in [6.45, 7) is 2.03. The van der Waals surface area contributed by atoms with Crippen molar-refractivity contribution in [2.45, 2.75) is 18.2 Å². The summed E-state index contributed by atoms with van der Waals surface area (Å²) >= 11 is 1.20. The molecule has 2 atom stereocenters. The van der Waals surface area contributed by atoms with Crippen LogP contribution in [0.3, 0.4) is 0 Å². The third-order valence-corrected chi connectivity index (χ3v) is 6.89. The van der Waals surface area contributed by atoms with Crippen LogP contribution in [0.2, 0.25) is 0 Å². The lowest BCUT2D eigenvalue weighted by atomic mass is 10.2. The first-order chi connectivity index (χ1) is 13.7. The lowest BCUT2D eigenvalue weighted by Gasteiger charge is -2.07. The third kappa shape index (κ3) is 4.30. The summed E-state index contributed by atoms with van der Waals surface area (Å²) in [6.07, 6.45) is 2.04. The van der Waals surface area contributed by atoms with E-state index in [1.807, 2.05) is 6.92 Å². The van der Waals surface area contributed by atoms with E-state index < -0.39 is 9.84 Å². The molecule has 1 saturated carbocycles. The SMILES string of the molecule is CC1CC1C(=O)Nc1cccc(C(=O)Nc2nc3ccc(S(C)(=O)=O)cc3s2)c1. The molecule has 0 saturated heterocycles. The van der Waals surface area contributed by atoms with E-state index in [9.17, 15) is 18.0 Å². The molecule has 0 aliphatic heterocycles. The van der Waals surface area contributed by atoms with Gasteiger partial charge in [-0.05, 0) is 48.7 Å². The van der Waals surface area contributed by atoms with E-state index in [0.29, 0.717) is 32.5 Å². The maximum Gasteiger partial charge on any atom is 0.257 e. The number of thiazole rings is 1. The van der Waals surface area contributed by atoms with E-state index in [2.05, 4.69) is 15.6 Å². The van der Waals surface area contributed by atoms with E-state index in [0.717, 1.165) is 12.7 Å². The number of benzene rings is 2. The minimum absolute atomic E-state index is 0.0251. The number of hydrogen-bond donors (Lipinski definition) is 2. The molecule has 2 amide bonds. The minimum Gasteiger partial charge on any atom is -0.326 e. The zero-order valence-electron chi connectivity index (χ0n) is 15.8. The first-order valence-electron chi connectivity index (χ1n) is 9.03. The van der Waals surface area contributed by atoms with Crippen molar-refractivity contribution in [3.8, 4) is 0 Å². The number of amides is 2. The van der Waals surface area contributed by atoms with Crippen molar-refractivity contribution in [1.82, 2.24) is 4.98 Å². The Hall–Kier alpha value is -2.78. The molecular formula is C20H19N3O4S2. The molecule has 0 spiro atoms. The summed E-state index contributed by atoms with van der Waals surface area (Å²) in [5.41, 5.74) is 1.57. The molecule has 3 aromatic rings. The number of nitrogens with one attached hydrogen (secondary N) is 2. The number of carbonyl (C=O) groups is 2.